The van der Waals surface area contributed by atoms with E-state index in [9.17, 15) is 0 Å². The lowest BCUT2D eigenvalue weighted by molar-refractivity contribution is -0.884. The molecule has 1 nitrogen and oxygen atoms in total. The normalized spacial score (nSPS) is 10.6. The van der Waals surface area contributed by atoms with Crippen LogP contribution in [0.1, 0.15) is 26.2 Å². The lowest BCUT2D eigenvalue weighted by Gasteiger charge is -2.28. The quantitative estimate of drug-likeness (QED) is 0.300. The van der Waals surface area contributed by atoms with Gasteiger partial charge in [0.25, 0.3) is 0 Å². The highest BCUT2D eigenvalue weighted by atomic mass is 35.5. The van der Waals surface area contributed by atoms with E-state index in [0.29, 0.717) is 0 Å². The van der Waals surface area contributed by atoms with Crippen molar-refractivity contribution in [1.29, 1.82) is 0 Å². The molecular weight excluding hydrogens is 170 g/mol. The summed E-state index contributed by atoms with van der Waals surface area (Å²) in [5, 5.41) is 0. The van der Waals surface area contributed by atoms with Gasteiger partial charge in [-0.2, -0.15) is 0 Å². The Morgan fingerprint density at radius 3 is 2.25 bits per heavy atom. The van der Waals surface area contributed by atoms with E-state index >= 15 is 0 Å². The van der Waals surface area contributed by atoms with Crippen LogP contribution in [0.4, 0.5) is 0 Å². The molecule has 0 N–H and O–H groups in total. The van der Waals surface area contributed by atoms with E-state index < -0.39 is 0 Å². The first-order chi connectivity index (χ1) is 5.12. The van der Waals surface area contributed by atoms with Crippen molar-refractivity contribution < 1.29 is 16.9 Å². The van der Waals surface area contributed by atoms with Crippen molar-refractivity contribution in [1.82, 2.24) is 0 Å². The van der Waals surface area contributed by atoms with Gasteiger partial charge in [-0.05, 0) is 18.9 Å². The minimum absolute atomic E-state index is 0. The third-order valence-corrected chi connectivity index (χ3v) is 1.99. The highest BCUT2D eigenvalue weighted by molar-refractivity contribution is 4.64. The molecular formula is C10H22ClN. The van der Waals surface area contributed by atoms with Gasteiger partial charge < -0.3 is 16.9 Å². The zero-order valence-corrected chi connectivity index (χ0v) is 9.40. The minimum atomic E-state index is 0. The first-order valence-electron chi connectivity index (χ1n) is 4.55. The van der Waals surface area contributed by atoms with Crippen molar-refractivity contribution in [2.45, 2.75) is 26.2 Å². The number of halogens is 1. The molecule has 0 atom stereocenters. The monoisotopic (exact) mass is 191 g/mol. The molecule has 0 aromatic heterocycles. The third kappa shape index (κ3) is 8.09. The van der Waals surface area contributed by atoms with E-state index in [2.05, 4.69) is 27.6 Å². The van der Waals surface area contributed by atoms with Crippen molar-refractivity contribution >= 4 is 0 Å². The molecule has 0 radical (unpaired) electrons. The Hall–Kier alpha value is -0.0100. The van der Waals surface area contributed by atoms with Crippen molar-refractivity contribution in [2.24, 2.45) is 0 Å². The Morgan fingerprint density at radius 1 is 1.25 bits per heavy atom. The van der Waals surface area contributed by atoms with Crippen molar-refractivity contribution in [2.75, 3.05) is 27.2 Å². The maximum absolute atomic E-state index is 3.76. The number of quaternary nitrogens is 1. The maximum atomic E-state index is 3.76. The largest absolute Gasteiger partial charge is 1.00 e. The molecule has 12 heavy (non-hydrogen) atoms. The van der Waals surface area contributed by atoms with Crippen LogP contribution in [0.5, 0.6) is 0 Å². The molecule has 0 saturated carbocycles. The average molecular weight is 192 g/mol. The molecule has 0 spiro atoms. The fraction of sp³-hybridized carbons (Fsp3) is 0.800. The van der Waals surface area contributed by atoms with Gasteiger partial charge in [-0.25, -0.2) is 0 Å². The summed E-state index contributed by atoms with van der Waals surface area (Å²) in [4.78, 5) is 0. The van der Waals surface area contributed by atoms with E-state index in [4.69, 9.17) is 0 Å². The summed E-state index contributed by atoms with van der Waals surface area (Å²) in [7, 11) is 4.52. The van der Waals surface area contributed by atoms with Crippen LogP contribution in [0.3, 0.4) is 0 Å². The molecule has 0 amide bonds. The third-order valence-electron chi connectivity index (χ3n) is 1.99. The predicted molar refractivity (Wildman–Crippen MR) is 51.6 cm³/mol. The van der Waals surface area contributed by atoms with Crippen LogP contribution < -0.4 is 12.4 Å². The second-order valence-corrected chi connectivity index (χ2v) is 3.84. The summed E-state index contributed by atoms with van der Waals surface area (Å²) >= 11 is 0. The van der Waals surface area contributed by atoms with Crippen LogP contribution in [0.2, 0.25) is 0 Å². The van der Waals surface area contributed by atoms with Crippen LogP contribution in [0.15, 0.2) is 12.7 Å². The van der Waals surface area contributed by atoms with Gasteiger partial charge in [0, 0.05) is 0 Å². The summed E-state index contributed by atoms with van der Waals surface area (Å²) in [6.45, 7) is 8.37. The number of hydrogen-bond donors (Lipinski definition) is 0. The maximum Gasteiger partial charge on any atom is 0.0966 e. The van der Waals surface area contributed by atoms with Crippen molar-refractivity contribution in [3.8, 4) is 0 Å². The van der Waals surface area contributed by atoms with Gasteiger partial charge in [-0.1, -0.05) is 19.9 Å². The molecule has 0 aliphatic rings. The molecule has 0 bridgehead atoms. The summed E-state index contributed by atoms with van der Waals surface area (Å²) in [5.74, 6) is 0. The van der Waals surface area contributed by atoms with Gasteiger partial charge in [0.2, 0.25) is 0 Å². The van der Waals surface area contributed by atoms with Gasteiger partial charge in [-0.3, -0.25) is 0 Å². The standard InChI is InChI=1S/C10H22N.ClH/c1-5-7-8-10-11(3,4)9-6-2;/h6H,2,5,7-10H2,1,3-4H3;1H/q+1;/p-1. The molecule has 0 rings (SSSR count). The number of hydrogen-bond acceptors (Lipinski definition) is 0. The first kappa shape index (κ1) is 14.5. The van der Waals surface area contributed by atoms with Crippen LogP contribution >= 0.6 is 0 Å². The van der Waals surface area contributed by atoms with Gasteiger partial charge in [0.15, 0.2) is 0 Å². The molecule has 0 saturated heterocycles. The van der Waals surface area contributed by atoms with Crippen molar-refractivity contribution in [3.63, 3.8) is 0 Å². The second kappa shape index (κ2) is 7.63. The molecule has 0 aromatic carbocycles. The lowest BCUT2D eigenvalue weighted by Crippen LogP contribution is -3.00. The molecule has 0 heterocycles. The van der Waals surface area contributed by atoms with Crippen molar-refractivity contribution in [3.05, 3.63) is 12.7 Å². The smallest absolute Gasteiger partial charge is 0.0966 e. The minimum Gasteiger partial charge on any atom is -1.00 e. The highest BCUT2D eigenvalue weighted by Crippen LogP contribution is 2.02. The van der Waals surface area contributed by atoms with Crippen LogP contribution in [0, 0.1) is 0 Å². The predicted octanol–water partition coefficient (Wildman–Crippen LogP) is -0.557. The number of unbranched alkanes of at least 4 members (excludes halogenated alkanes) is 2. The molecule has 74 valence electrons. The zero-order chi connectivity index (χ0) is 8.74. The Balaban J connectivity index is 0. The van der Waals surface area contributed by atoms with E-state index in [0.717, 1.165) is 11.0 Å². The fourth-order valence-corrected chi connectivity index (χ4v) is 1.23. The second-order valence-electron chi connectivity index (χ2n) is 3.84. The molecule has 0 fully saturated rings. The lowest BCUT2D eigenvalue weighted by atomic mass is 10.2. The molecule has 0 aliphatic heterocycles. The summed E-state index contributed by atoms with van der Waals surface area (Å²) in [6.07, 6.45) is 6.02. The molecule has 2 heteroatoms. The summed E-state index contributed by atoms with van der Waals surface area (Å²) < 4.78 is 1.09. The van der Waals surface area contributed by atoms with Crippen LogP contribution in [-0.2, 0) is 0 Å². The Labute approximate surface area is 83.5 Å². The van der Waals surface area contributed by atoms with Crippen LogP contribution in [0.25, 0.3) is 0 Å². The average Bonchev–Trinajstić information content (AvgIpc) is 1.87. The fourth-order valence-electron chi connectivity index (χ4n) is 1.23. The van der Waals surface area contributed by atoms with Gasteiger partial charge >= 0.3 is 0 Å². The molecule has 0 aromatic rings. The first-order valence-corrected chi connectivity index (χ1v) is 4.55. The summed E-state index contributed by atoms with van der Waals surface area (Å²) in [5.41, 5.74) is 0. The molecule has 0 aliphatic carbocycles. The van der Waals surface area contributed by atoms with E-state index in [1.807, 2.05) is 6.08 Å². The topological polar surface area (TPSA) is 0 Å². The Morgan fingerprint density at radius 2 is 1.83 bits per heavy atom. The number of nitrogens with zero attached hydrogens (tertiary/aromatic N) is 1. The van der Waals surface area contributed by atoms with E-state index in [-0.39, 0.29) is 12.4 Å². The zero-order valence-electron chi connectivity index (χ0n) is 8.65. The SMILES string of the molecule is C=CC[N+](C)(C)CCCCC.[Cl-]. The van der Waals surface area contributed by atoms with E-state index in [1.54, 1.807) is 0 Å². The number of likely N-dealkylation sites (N-methyl/N-ethyl adjacent to an activating group) is 1. The van der Waals surface area contributed by atoms with Gasteiger partial charge in [0.05, 0.1) is 27.2 Å². The van der Waals surface area contributed by atoms with E-state index in [1.165, 1.54) is 25.8 Å². The highest BCUT2D eigenvalue weighted by Gasteiger charge is 2.10. The Kier molecular flexibility index (Phi) is 9.23. The number of rotatable bonds is 6. The van der Waals surface area contributed by atoms with Crippen LogP contribution in [-0.4, -0.2) is 31.7 Å². The molecule has 0 unspecified atom stereocenters. The Bertz CT molecular complexity index is 110. The summed E-state index contributed by atoms with van der Waals surface area (Å²) in [6, 6.07) is 0. The van der Waals surface area contributed by atoms with Gasteiger partial charge in [0.1, 0.15) is 0 Å². The van der Waals surface area contributed by atoms with Gasteiger partial charge in [-0.15, -0.1) is 0 Å².